The molecule has 0 bridgehead atoms. The van der Waals surface area contributed by atoms with E-state index in [1.165, 1.54) is 11.8 Å². The molecule has 0 atom stereocenters. The highest BCUT2D eigenvalue weighted by Gasteiger charge is 2.08. The zero-order valence-electron chi connectivity index (χ0n) is 18.3. The number of esters is 1. The first-order chi connectivity index (χ1) is 16.0. The molecule has 33 heavy (non-hydrogen) atoms. The number of halogens is 1. The van der Waals surface area contributed by atoms with Gasteiger partial charge in [-0.15, -0.1) is 0 Å². The Labute approximate surface area is 201 Å². The maximum atomic E-state index is 12.2. The van der Waals surface area contributed by atoms with E-state index in [1.54, 1.807) is 48.5 Å². The Morgan fingerprint density at radius 2 is 1.61 bits per heavy atom. The molecule has 3 aromatic rings. The molecule has 0 heterocycles. The van der Waals surface area contributed by atoms with Crippen LogP contribution in [0.15, 0.2) is 82.4 Å². The number of nitrogens with one attached hydrogen (secondary N) is 1. The molecule has 0 aromatic heterocycles. The van der Waals surface area contributed by atoms with Gasteiger partial charge in [-0.2, -0.15) is 5.10 Å². The van der Waals surface area contributed by atoms with Gasteiger partial charge in [0, 0.05) is 4.47 Å². The number of hydrogen-bond acceptors (Lipinski definition) is 5. The molecule has 0 saturated carbocycles. The predicted molar refractivity (Wildman–Crippen MR) is 132 cm³/mol. The lowest BCUT2D eigenvalue weighted by molar-refractivity contribution is -0.123. The van der Waals surface area contributed by atoms with Crippen molar-refractivity contribution in [3.8, 4) is 11.5 Å². The van der Waals surface area contributed by atoms with Crippen LogP contribution in [0.1, 0.15) is 41.3 Å². The molecule has 0 aliphatic carbocycles. The third kappa shape index (κ3) is 8.20. The zero-order chi connectivity index (χ0) is 23.5. The van der Waals surface area contributed by atoms with Crippen LogP contribution < -0.4 is 14.9 Å². The summed E-state index contributed by atoms with van der Waals surface area (Å²) in [7, 11) is 0. The highest BCUT2D eigenvalue weighted by Crippen LogP contribution is 2.16. The average molecular weight is 509 g/mol. The van der Waals surface area contributed by atoms with Crippen LogP contribution in [0.4, 0.5) is 0 Å². The number of aryl methyl sites for hydroxylation is 1. The second-order valence-corrected chi connectivity index (χ2v) is 8.21. The highest BCUT2D eigenvalue weighted by atomic mass is 79.9. The lowest BCUT2D eigenvalue weighted by atomic mass is 10.1. The van der Waals surface area contributed by atoms with Crippen LogP contribution in [0.2, 0.25) is 0 Å². The first kappa shape index (κ1) is 24.2. The van der Waals surface area contributed by atoms with Crippen molar-refractivity contribution in [2.24, 2.45) is 5.10 Å². The smallest absolute Gasteiger partial charge is 0.343 e. The summed E-state index contributed by atoms with van der Waals surface area (Å²) in [6.45, 7) is 2.04. The molecule has 0 aliphatic rings. The van der Waals surface area contributed by atoms with Gasteiger partial charge in [0.2, 0.25) is 0 Å². The number of amides is 1. The molecular weight excluding hydrogens is 484 g/mol. The van der Waals surface area contributed by atoms with Gasteiger partial charge >= 0.3 is 5.97 Å². The molecule has 0 radical (unpaired) electrons. The molecule has 7 heteroatoms. The second kappa shape index (κ2) is 12.6. The van der Waals surface area contributed by atoms with Gasteiger partial charge in [-0.1, -0.05) is 41.4 Å². The Hall–Kier alpha value is -3.45. The number of carbonyl (C=O) groups is 2. The van der Waals surface area contributed by atoms with Gasteiger partial charge in [-0.25, -0.2) is 10.2 Å². The van der Waals surface area contributed by atoms with E-state index in [1.807, 2.05) is 24.3 Å². The van der Waals surface area contributed by atoms with Crippen molar-refractivity contribution < 1.29 is 19.1 Å². The average Bonchev–Trinajstić information content (AvgIpc) is 2.83. The van der Waals surface area contributed by atoms with Crippen LogP contribution in [0.3, 0.4) is 0 Å². The molecule has 0 aliphatic heterocycles. The fourth-order valence-corrected chi connectivity index (χ4v) is 3.13. The van der Waals surface area contributed by atoms with Crippen molar-refractivity contribution in [1.29, 1.82) is 0 Å². The Bertz CT molecular complexity index is 1080. The molecule has 1 amide bonds. The molecule has 170 valence electrons. The number of ether oxygens (including phenoxy) is 2. The molecule has 0 saturated heterocycles. The molecule has 0 fully saturated rings. The third-order valence-corrected chi connectivity index (χ3v) is 5.21. The molecule has 6 nitrogen and oxygen atoms in total. The van der Waals surface area contributed by atoms with Crippen molar-refractivity contribution in [1.82, 2.24) is 5.43 Å². The van der Waals surface area contributed by atoms with Crippen molar-refractivity contribution >= 4 is 34.0 Å². The van der Waals surface area contributed by atoms with Gasteiger partial charge in [0.25, 0.3) is 5.91 Å². The Morgan fingerprint density at radius 3 is 2.27 bits per heavy atom. The molecule has 0 unspecified atom stereocenters. The first-order valence-electron chi connectivity index (χ1n) is 10.6. The molecule has 0 spiro atoms. The van der Waals surface area contributed by atoms with E-state index in [9.17, 15) is 9.59 Å². The summed E-state index contributed by atoms with van der Waals surface area (Å²) in [6.07, 6.45) is 4.85. The minimum absolute atomic E-state index is 0.128. The van der Waals surface area contributed by atoms with E-state index in [2.05, 4.69) is 33.4 Å². The summed E-state index contributed by atoms with van der Waals surface area (Å²) >= 11 is 3.33. The van der Waals surface area contributed by atoms with Crippen LogP contribution >= 0.6 is 15.9 Å². The molecule has 1 N–H and O–H groups in total. The normalized spacial score (nSPS) is 10.7. The van der Waals surface area contributed by atoms with Crippen molar-refractivity contribution in [3.05, 3.63) is 94.0 Å². The summed E-state index contributed by atoms with van der Waals surface area (Å²) in [4.78, 5) is 24.1. The quantitative estimate of drug-likeness (QED) is 0.169. The number of hydrogen-bond donors (Lipinski definition) is 1. The summed E-state index contributed by atoms with van der Waals surface area (Å²) in [5.74, 6) is 0.258. The SMILES string of the molecule is CCCCc1ccc(OCC(=O)N/N=C/c2ccc(OC(=O)c3ccc(Br)cc3)cc2)cc1. The van der Waals surface area contributed by atoms with Gasteiger partial charge in [0.1, 0.15) is 11.5 Å². The van der Waals surface area contributed by atoms with Gasteiger partial charge in [0.05, 0.1) is 11.8 Å². The number of unbranched alkanes of at least 4 members (excludes halogenated alkanes) is 1. The summed E-state index contributed by atoms with van der Waals surface area (Å²) in [6, 6.07) is 21.5. The number of nitrogens with zero attached hydrogens (tertiary/aromatic N) is 1. The Morgan fingerprint density at radius 1 is 0.939 bits per heavy atom. The van der Waals surface area contributed by atoms with Crippen molar-refractivity contribution in [3.63, 3.8) is 0 Å². The van der Waals surface area contributed by atoms with Crippen LogP contribution in [-0.2, 0) is 11.2 Å². The van der Waals surface area contributed by atoms with Gasteiger partial charge in [0.15, 0.2) is 6.61 Å². The van der Waals surface area contributed by atoms with E-state index in [0.29, 0.717) is 17.1 Å². The number of hydrazone groups is 1. The summed E-state index contributed by atoms with van der Waals surface area (Å²) in [5, 5.41) is 3.93. The fraction of sp³-hybridized carbons (Fsp3) is 0.192. The van der Waals surface area contributed by atoms with Gasteiger partial charge < -0.3 is 9.47 Å². The Balaban J connectivity index is 1.41. The minimum Gasteiger partial charge on any atom is -0.484 e. The maximum absolute atomic E-state index is 12.2. The number of benzene rings is 3. The predicted octanol–water partition coefficient (Wildman–Crippen LogP) is 5.54. The minimum atomic E-state index is -0.438. The lowest BCUT2D eigenvalue weighted by Gasteiger charge is -2.06. The van der Waals surface area contributed by atoms with Crippen LogP contribution in [0.5, 0.6) is 11.5 Å². The fourth-order valence-electron chi connectivity index (χ4n) is 2.87. The van der Waals surface area contributed by atoms with Gasteiger partial charge in [-0.05, 0) is 84.6 Å². The highest BCUT2D eigenvalue weighted by molar-refractivity contribution is 9.10. The monoisotopic (exact) mass is 508 g/mol. The van der Waals surface area contributed by atoms with E-state index < -0.39 is 5.97 Å². The van der Waals surface area contributed by atoms with Crippen LogP contribution in [0, 0.1) is 0 Å². The van der Waals surface area contributed by atoms with E-state index in [0.717, 1.165) is 29.3 Å². The largest absolute Gasteiger partial charge is 0.484 e. The lowest BCUT2D eigenvalue weighted by Crippen LogP contribution is -2.24. The second-order valence-electron chi connectivity index (χ2n) is 7.29. The van der Waals surface area contributed by atoms with Crippen molar-refractivity contribution in [2.45, 2.75) is 26.2 Å². The van der Waals surface area contributed by atoms with Crippen LogP contribution in [0.25, 0.3) is 0 Å². The summed E-state index contributed by atoms with van der Waals surface area (Å²) in [5.41, 5.74) is 4.88. The standard InChI is InChI=1S/C26H25BrN2O4/c1-2-3-4-19-5-13-23(14-6-19)32-18-25(30)29-28-17-20-7-15-24(16-8-20)33-26(31)21-9-11-22(27)12-10-21/h5-17H,2-4,18H2,1H3,(H,29,30)/b28-17+. The van der Waals surface area contributed by atoms with Gasteiger partial charge in [-0.3, -0.25) is 4.79 Å². The van der Waals surface area contributed by atoms with E-state index >= 15 is 0 Å². The zero-order valence-corrected chi connectivity index (χ0v) is 19.9. The molecule has 3 aromatic carbocycles. The first-order valence-corrected chi connectivity index (χ1v) is 11.4. The maximum Gasteiger partial charge on any atom is 0.343 e. The number of carbonyl (C=O) groups excluding carboxylic acids is 2. The topological polar surface area (TPSA) is 77.0 Å². The van der Waals surface area contributed by atoms with E-state index in [4.69, 9.17) is 9.47 Å². The molecule has 3 rings (SSSR count). The Kier molecular flexibility index (Phi) is 9.20. The summed E-state index contributed by atoms with van der Waals surface area (Å²) < 4.78 is 11.7. The molecular formula is C26H25BrN2O4. The van der Waals surface area contributed by atoms with E-state index in [-0.39, 0.29) is 12.5 Å². The third-order valence-electron chi connectivity index (χ3n) is 4.69. The van der Waals surface area contributed by atoms with Crippen molar-refractivity contribution in [2.75, 3.05) is 6.61 Å². The van der Waals surface area contributed by atoms with Crippen LogP contribution in [-0.4, -0.2) is 24.7 Å². The number of rotatable bonds is 10.